The van der Waals surface area contributed by atoms with E-state index in [1.54, 1.807) is 30.5 Å². The molecule has 0 radical (unpaired) electrons. The van der Waals surface area contributed by atoms with Gasteiger partial charge in [0.1, 0.15) is 5.82 Å². The number of benzene rings is 2. The largest absolute Gasteiger partial charge is 0.368 e. The minimum absolute atomic E-state index is 0.0132. The van der Waals surface area contributed by atoms with Gasteiger partial charge in [-0.25, -0.2) is 4.98 Å². The van der Waals surface area contributed by atoms with Gasteiger partial charge in [-0.2, -0.15) is 0 Å². The third-order valence-electron chi connectivity index (χ3n) is 7.41. The monoisotopic (exact) mass is 548 g/mol. The van der Waals surface area contributed by atoms with Crippen molar-refractivity contribution in [3.8, 4) is 0 Å². The molecule has 1 aromatic heterocycles. The predicted octanol–water partition coefficient (Wildman–Crippen LogP) is 7.63. The van der Waals surface area contributed by atoms with Crippen LogP contribution in [0.1, 0.15) is 76.9 Å². The van der Waals surface area contributed by atoms with E-state index in [1.807, 2.05) is 50.8 Å². The minimum atomic E-state index is -0.261. The number of pyridine rings is 1. The van der Waals surface area contributed by atoms with Crippen LogP contribution in [0.5, 0.6) is 0 Å². The van der Waals surface area contributed by atoms with E-state index < -0.39 is 0 Å². The molecule has 0 bridgehead atoms. The maximum atomic E-state index is 13.4. The predicted molar refractivity (Wildman–Crippen MR) is 169 cm³/mol. The highest BCUT2D eigenvalue weighted by Gasteiger charge is 2.25. The summed E-state index contributed by atoms with van der Waals surface area (Å²) in [5.74, 6) is 0.858. The molecule has 0 spiro atoms. The molecular weight excluding hydrogens is 508 g/mol. The first-order chi connectivity index (χ1) is 19.7. The number of carbonyl (C=O) groups is 2. The summed E-state index contributed by atoms with van der Waals surface area (Å²) in [7, 11) is 0. The third-order valence-corrected chi connectivity index (χ3v) is 7.41. The molecule has 1 fully saturated rings. The molecule has 2 heterocycles. The molecule has 1 aliphatic heterocycles. The highest BCUT2D eigenvalue weighted by molar-refractivity contribution is 6.05. The van der Waals surface area contributed by atoms with E-state index in [0.29, 0.717) is 35.8 Å². The number of hydrogen-bond donors (Lipinski definition) is 2. The maximum absolute atomic E-state index is 13.4. The molecule has 2 aromatic carbocycles. The van der Waals surface area contributed by atoms with Gasteiger partial charge < -0.3 is 15.5 Å². The topological polar surface area (TPSA) is 74.3 Å². The highest BCUT2D eigenvalue weighted by Crippen LogP contribution is 2.31. The quantitative estimate of drug-likeness (QED) is 0.270. The summed E-state index contributed by atoms with van der Waals surface area (Å²) in [6.07, 6.45) is 7.15. The molecule has 4 rings (SSSR count). The molecular formula is C35H40N4O2. The van der Waals surface area contributed by atoms with Crippen LogP contribution in [0.3, 0.4) is 0 Å². The van der Waals surface area contributed by atoms with Gasteiger partial charge in [0.05, 0.1) is 5.56 Å². The van der Waals surface area contributed by atoms with E-state index >= 15 is 0 Å². The van der Waals surface area contributed by atoms with Crippen molar-refractivity contribution in [2.24, 2.45) is 0 Å². The molecule has 6 nitrogen and oxygen atoms in total. The molecule has 6 heteroatoms. The van der Waals surface area contributed by atoms with E-state index in [9.17, 15) is 9.59 Å². The number of hydrogen-bond acceptors (Lipinski definition) is 4. The third kappa shape index (κ3) is 7.40. The Bertz CT molecular complexity index is 1440. The second-order valence-electron chi connectivity index (χ2n) is 11.0. The summed E-state index contributed by atoms with van der Waals surface area (Å²) in [4.78, 5) is 32.5. The van der Waals surface area contributed by atoms with Crippen molar-refractivity contribution in [1.29, 1.82) is 0 Å². The maximum Gasteiger partial charge on any atom is 0.257 e. The number of aryl methyl sites for hydroxylation is 1. The standard InChI is InChI=1S/C35H40N4O2/c1-7-8-31(23(2)3)28-13-11-26(12-14-28)27-17-19-39(20-18-27)35(41)29-10-9-25(6)32(21-29)38-34(40)30-15-16-33(36-22-30)37-24(4)5/h7-16,21-22,24,27H,1-2,17-20H2,3-6H3,(H,36,37)(H,38,40)/b31-8+. The fourth-order valence-electron chi connectivity index (χ4n) is 5.13. The Morgan fingerprint density at radius 3 is 2.24 bits per heavy atom. The fraction of sp³-hybridized carbons (Fsp3) is 0.286. The summed E-state index contributed by atoms with van der Waals surface area (Å²) in [6.45, 7) is 17.3. The number of likely N-dealkylation sites (tertiary alicyclic amines) is 1. The number of allylic oxidation sites excluding steroid dienone is 4. The first-order valence-electron chi connectivity index (χ1n) is 14.2. The van der Waals surface area contributed by atoms with Gasteiger partial charge in [0.15, 0.2) is 0 Å². The van der Waals surface area contributed by atoms with E-state index in [0.717, 1.165) is 40.9 Å². The lowest BCUT2D eigenvalue weighted by Gasteiger charge is -2.32. The molecule has 2 N–H and O–H groups in total. The van der Waals surface area contributed by atoms with Gasteiger partial charge in [-0.05, 0) is 93.0 Å². The first kappa shape index (κ1) is 29.5. The molecule has 212 valence electrons. The van der Waals surface area contributed by atoms with Crippen LogP contribution in [0.4, 0.5) is 11.5 Å². The Hall–Kier alpha value is -4.45. The molecule has 0 saturated carbocycles. The molecule has 0 unspecified atom stereocenters. The van der Waals surface area contributed by atoms with Gasteiger partial charge in [0.25, 0.3) is 11.8 Å². The van der Waals surface area contributed by atoms with Crippen molar-refractivity contribution in [2.75, 3.05) is 23.7 Å². The highest BCUT2D eigenvalue weighted by atomic mass is 16.2. The van der Waals surface area contributed by atoms with Crippen molar-refractivity contribution in [2.45, 2.75) is 52.5 Å². The zero-order valence-corrected chi connectivity index (χ0v) is 24.5. The van der Waals surface area contributed by atoms with Crippen molar-refractivity contribution in [3.63, 3.8) is 0 Å². The van der Waals surface area contributed by atoms with Crippen molar-refractivity contribution < 1.29 is 9.59 Å². The Balaban J connectivity index is 1.38. The molecule has 0 aliphatic carbocycles. The molecule has 1 aliphatic rings. The van der Waals surface area contributed by atoms with Crippen LogP contribution in [0, 0.1) is 6.92 Å². The zero-order chi connectivity index (χ0) is 29.5. The lowest BCUT2D eigenvalue weighted by atomic mass is 9.87. The van der Waals surface area contributed by atoms with E-state index in [2.05, 4.69) is 53.0 Å². The molecule has 1 saturated heterocycles. The summed E-state index contributed by atoms with van der Waals surface area (Å²) in [5.41, 5.74) is 7.07. The first-order valence-corrected chi connectivity index (χ1v) is 14.2. The van der Waals surface area contributed by atoms with Gasteiger partial charge in [0, 0.05) is 36.6 Å². The van der Waals surface area contributed by atoms with Crippen molar-refractivity contribution in [3.05, 3.63) is 119 Å². The van der Waals surface area contributed by atoms with Crippen LogP contribution in [-0.2, 0) is 0 Å². The Labute approximate surface area is 243 Å². The Morgan fingerprint density at radius 2 is 1.66 bits per heavy atom. The SMILES string of the molecule is C=C/C=C(\C(=C)C)c1ccc(C2CCN(C(=O)c3ccc(C)c(NC(=O)c4ccc(NC(C)C)nc4)c3)CC2)cc1. The Morgan fingerprint density at radius 1 is 1.00 bits per heavy atom. The number of amides is 2. The number of piperidine rings is 1. The smallest absolute Gasteiger partial charge is 0.257 e. The van der Waals surface area contributed by atoms with Crippen LogP contribution in [0.2, 0.25) is 0 Å². The van der Waals surface area contributed by atoms with Gasteiger partial charge in [-0.1, -0.05) is 61.2 Å². The van der Waals surface area contributed by atoms with Crippen LogP contribution in [0.15, 0.2) is 91.7 Å². The van der Waals surface area contributed by atoms with Crippen LogP contribution in [-0.4, -0.2) is 40.8 Å². The average Bonchev–Trinajstić information content (AvgIpc) is 2.97. The number of nitrogens with one attached hydrogen (secondary N) is 2. The van der Waals surface area contributed by atoms with Gasteiger partial charge in [-0.15, -0.1) is 0 Å². The zero-order valence-electron chi connectivity index (χ0n) is 24.5. The normalized spacial score (nSPS) is 14.1. The summed E-state index contributed by atoms with van der Waals surface area (Å²) < 4.78 is 0. The summed E-state index contributed by atoms with van der Waals surface area (Å²) in [6, 6.07) is 17.9. The van der Waals surface area contributed by atoms with Crippen LogP contribution >= 0.6 is 0 Å². The van der Waals surface area contributed by atoms with Crippen LogP contribution in [0.25, 0.3) is 5.57 Å². The minimum Gasteiger partial charge on any atom is -0.368 e. The number of carbonyl (C=O) groups excluding carboxylic acids is 2. The van der Waals surface area contributed by atoms with Gasteiger partial charge in [-0.3, -0.25) is 9.59 Å². The van der Waals surface area contributed by atoms with Crippen molar-refractivity contribution >= 4 is 28.9 Å². The van der Waals surface area contributed by atoms with E-state index in [1.165, 1.54) is 5.56 Å². The Kier molecular flexibility index (Phi) is 9.56. The molecule has 3 aromatic rings. The summed E-state index contributed by atoms with van der Waals surface area (Å²) >= 11 is 0. The van der Waals surface area contributed by atoms with E-state index in [4.69, 9.17) is 0 Å². The lowest BCUT2D eigenvalue weighted by Crippen LogP contribution is -2.38. The summed E-state index contributed by atoms with van der Waals surface area (Å²) in [5, 5.41) is 6.17. The van der Waals surface area contributed by atoms with E-state index in [-0.39, 0.29) is 17.9 Å². The fourth-order valence-corrected chi connectivity index (χ4v) is 5.13. The number of anilines is 2. The second kappa shape index (κ2) is 13.3. The molecule has 0 atom stereocenters. The molecule has 2 amide bonds. The lowest BCUT2D eigenvalue weighted by molar-refractivity contribution is 0.0712. The van der Waals surface area contributed by atoms with Crippen LogP contribution < -0.4 is 10.6 Å². The van der Waals surface area contributed by atoms with Gasteiger partial charge in [0.2, 0.25) is 0 Å². The van der Waals surface area contributed by atoms with Gasteiger partial charge >= 0.3 is 0 Å². The number of nitrogens with zero attached hydrogens (tertiary/aromatic N) is 2. The number of aromatic nitrogens is 1. The van der Waals surface area contributed by atoms with Crippen molar-refractivity contribution in [1.82, 2.24) is 9.88 Å². The average molecular weight is 549 g/mol. The number of rotatable bonds is 9. The second-order valence-corrected chi connectivity index (χ2v) is 11.0. The molecule has 41 heavy (non-hydrogen) atoms.